The third-order valence-corrected chi connectivity index (χ3v) is 7.44. The van der Waals surface area contributed by atoms with E-state index < -0.39 is 21.8 Å². The van der Waals surface area contributed by atoms with Gasteiger partial charge in [0.25, 0.3) is 0 Å². The van der Waals surface area contributed by atoms with Gasteiger partial charge >= 0.3 is 0 Å². The lowest BCUT2D eigenvalue weighted by Gasteiger charge is -2.26. The molecule has 0 saturated carbocycles. The highest BCUT2D eigenvalue weighted by Crippen LogP contribution is 2.44. The van der Waals surface area contributed by atoms with Crippen LogP contribution in [0.25, 0.3) is 10.8 Å². The number of fused-ring (bicyclic) bond motifs is 2. The number of benzene rings is 4. The second kappa shape index (κ2) is 6.86. The van der Waals surface area contributed by atoms with Gasteiger partial charge in [0.1, 0.15) is 16.4 Å². The number of hydrogen-bond donors (Lipinski definition) is 2. The first-order chi connectivity index (χ1) is 14.4. The fourth-order valence-electron chi connectivity index (χ4n) is 4.16. The van der Waals surface area contributed by atoms with Crippen molar-refractivity contribution in [2.75, 3.05) is 0 Å². The van der Waals surface area contributed by atoms with Crippen LogP contribution in [0.5, 0.6) is 11.5 Å². The van der Waals surface area contributed by atoms with Gasteiger partial charge in [-0.15, -0.1) is 0 Å². The van der Waals surface area contributed by atoms with Crippen molar-refractivity contribution in [3.63, 3.8) is 0 Å². The second-order valence-corrected chi connectivity index (χ2v) is 9.27. The molecule has 0 aromatic heterocycles. The van der Waals surface area contributed by atoms with Crippen LogP contribution in [0.4, 0.5) is 0 Å². The largest absolute Gasteiger partial charge is 0.508 e. The third-order valence-electron chi connectivity index (χ3n) is 5.58. The molecule has 6 heteroatoms. The van der Waals surface area contributed by atoms with Crippen LogP contribution < -0.4 is 0 Å². The minimum atomic E-state index is -4.03. The highest BCUT2D eigenvalue weighted by atomic mass is 32.2. The SMILES string of the molecule is O=S(=O)(c1ccc(O)cc1O)N1Cc2ccccc2C1c1ccc2ccccc2c1. The molecule has 0 aliphatic carbocycles. The van der Waals surface area contributed by atoms with Gasteiger partial charge in [0, 0.05) is 12.6 Å². The molecule has 1 heterocycles. The molecule has 0 spiro atoms. The molecule has 30 heavy (non-hydrogen) atoms. The molecule has 5 rings (SSSR count). The molecule has 0 amide bonds. The van der Waals surface area contributed by atoms with E-state index in [1.165, 1.54) is 16.4 Å². The Labute approximate surface area is 174 Å². The predicted octanol–water partition coefficient (Wildman–Crippen LogP) is 4.54. The number of phenolic OH excluding ortho intramolecular Hbond substituents is 2. The Bertz CT molecular complexity index is 1380. The summed E-state index contributed by atoms with van der Waals surface area (Å²) in [6, 6.07) is 24.6. The van der Waals surface area contributed by atoms with Gasteiger partial charge in [0.2, 0.25) is 10.0 Å². The minimum Gasteiger partial charge on any atom is -0.508 e. The number of phenols is 2. The van der Waals surface area contributed by atoms with Crippen LogP contribution in [0.2, 0.25) is 0 Å². The minimum absolute atomic E-state index is 0.192. The monoisotopic (exact) mass is 417 g/mol. The molecule has 4 aromatic rings. The summed E-state index contributed by atoms with van der Waals surface area (Å²) in [6.45, 7) is 0.205. The number of nitrogens with zero attached hydrogens (tertiary/aromatic N) is 1. The standard InChI is InChI=1S/C24H19NO4S/c26-20-11-12-23(22(27)14-20)30(28,29)25-15-19-7-3-4-8-21(19)24(25)18-10-9-16-5-1-2-6-17(16)13-18/h1-14,24,26-27H,15H2. The lowest BCUT2D eigenvalue weighted by molar-refractivity contribution is 0.381. The second-order valence-electron chi connectivity index (χ2n) is 7.41. The molecule has 4 aromatic carbocycles. The Morgan fingerprint density at radius 3 is 2.33 bits per heavy atom. The summed E-state index contributed by atoms with van der Waals surface area (Å²) >= 11 is 0. The fraction of sp³-hybridized carbons (Fsp3) is 0.0833. The van der Waals surface area contributed by atoms with Crippen LogP contribution in [0.3, 0.4) is 0 Å². The number of aromatic hydroxyl groups is 2. The zero-order valence-electron chi connectivity index (χ0n) is 15.9. The van der Waals surface area contributed by atoms with E-state index >= 15 is 0 Å². The van der Waals surface area contributed by atoms with Crippen molar-refractivity contribution in [1.29, 1.82) is 0 Å². The van der Waals surface area contributed by atoms with Gasteiger partial charge in [-0.3, -0.25) is 0 Å². The summed E-state index contributed by atoms with van der Waals surface area (Å²) in [4.78, 5) is -0.223. The highest BCUT2D eigenvalue weighted by Gasteiger charge is 2.40. The molecule has 0 saturated heterocycles. The highest BCUT2D eigenvalue weighted by molar-refractivity contribution is 7.89. The van der Waals surface area contributed by atoms with Crippen molar-refractivity contribution in [2.45, 2.75) is 17.5 Å². The Kier molecular flexibility index (Phi) is 4.27. The molecule has 0 fully saturated rings. The number of sulfonamides is 1. The molecule has 1 atom stereocenters. The van der Waals surface area contributed by atoms with Crippen molar-refractivity contribution in [3.05, 3.63) is 102 Å². The van der Waals surface area contributed by atoms with Gasteiger partial charge in [0.15, 0.2) is 0 Å². The van der Waals surface area contributed by atoms with Crippen molar-refractivity contribution >= 4 is 20.8 Å². The van der Waals surface area contributed by atoms with E-state index in [2.05, 4.69) is 0 Å². The number of rotatable bonds is 3. The molecule has 150 valence electrons. The van der Waals surface area contributed by atoms with Crippen molar-refractivity contribution in [3.8, 4) is 11.5 Å². The summed E-state index contributed by atoms with van der Waals surface area (Å²) in [6.07, 6.45) is 0. The predicted molar refractivity (Wildman–Crippen MR) is 115 cm³/mol. The van der Waals surface area contributed by atoms with Gasteiger partial charge in [-0.25, -0.2) is 8.42 Å². The van der Waals surface area contributed by atoms with Crippen molar-refractivity contribution in [2.24, 2.45) is 0 Å². The van der Waals surface area contributed by atoms with E-state index in [9.17, 15) is 18.6 Å². The molecule has 1 aliphatic rings. The first-order valence-electron chi connectivity index (χ1n) is 9.55. The molecule has 0 bridgehead atoms. The molecule has 1 unspecified atom stereocenters. The lowest BCUT2D eigenvalue weighted by Crippen LogP contribution is -2.30. The Morgan fingerprint density at radius 2 is 1.53 bits per heavy atom. The lowest BCUT2D eigenvalue weighted by atomic mass is 9.96. The van der Waals surface area contributed by atoms with E-state index in [-0.39, 0.29) is 17.2 Å². The van der Waals surface area contributed by atoms with E-state index in [1.54, 1.807) is 0 Å². The van der Waals surface area contributed by atoms with Gasteiger partial charge in [0.05, 0.1) is 6.04 Å². The molecular weight excluding hydrogens is 398 g/mol. The zero-order valence-corrected chi connectivity index (χ0v) is 16.8. The molecule has 0 radical (unpaired) electrons. The van der Waals surface area contributed by atoms with Crippen LogP contribution in [0.15, 0.2) is 89.8 Å². The summed E-state index contributed by atoms with van der Waals surface area (Å²) in [5.74, 6) is -0.662. The molecule has 2 N–H and O–H groups in total. The quantitative estimate of drug-likeness (QED) is 0.513. The fourth-order valence-corrected chi connectivity index (χ4v) is 5.79. The average molecular weight is 417 g/mol. The Morgan fingerprint density at radius 1 is 0.800 bits per heavy atom. The van der Waals surface area contributed by atoms with Crippen LogP contribution in [-0.2, 0) is 16.6 Å². The summed E-state index contributed by atoms with van der Waals surface area (Å²) in [5.41, 5.74) is 2.72. The Balaban J connectivity index is 1.69. The maximum Gasteiger partial charge on any atom is 0.247 e. The van der Waals surface area contributed by atoms with Gasteiger partial charge in [-0.05, 0) is 45.7 Å². The van der Waals surface area contributed by atoms with Crippen molar-refractivity contribution < 1.29 is 18.6 Å². The smallest absolute Gasteiger partial charge is 0.247 e. The van der Waals surface area contributed by atoms with Crippen LogP contribution in [-0.4, -0.2) is 22.9 Å². The first-order valence-corrected chi connectivity index (χ1v) is 11.0. The maximum atomic E-state index is 13.6. The summed E-state index contributed by atoms with van der Waals surface area (Å²) in [5, 5.41) is 21.9. The van der Waals surface area contributed by atoms with Crippen LogP contribution in [0, 0.1) is 0 Å². The van der Waals surface area contributed by atoms with E-state index in [0.29, 0.717) is 0 Å². The summed E-state index contributed by atoms with van der Waals surface area (Å²) in [7, 11) is -4.03. The van der Waals surface area contributed by atoms with Gasteiger partial charge < -0.3 is 10.2 Å². The van der Waals surface area contributed by atoms with Crippen LogP contribution in [0.1, 0.15) is 22.7 Å². The normalized spacial score (nSPS) is 16.6. The molecule has 1 aliphatic heterocycles. The van der Waals surface area contributed by atoms with Crippen LogP contribution >= 0.6 is 0 Å². The van der Waals surface area contributed by atoms with Crippen molar-refractivity contribution in [1.82, 2.24) is 4.31 Å². The Hall–Kier alpha value is -3.35. The average Bonchev–Trinajstić information content (AvgIpc) is 3.13. The van der Waals surface area contributed by atoms with Gasteiger partial charge in [-0.1, -0.05) is 60.7 Å². The zero-order chi connectivity index (χ0) is 20.9. The third kappa shape index (κ3) is 2.93. The summed E-state index contributed by atoms with van der Waals surface area (Å²) < 4.78 is 28.5. The van der Waals surface area contributed by atoms with E-state index in [0.717, 1.165) is 33.5 Å². The molecular formula is C24H19NO4S. The van der Waals surface area contributed by atoms with E-state index in [4.69, 9.17) is 0 Å². The first kappa shape index (κ1) is 18.7. The maximum absolute atomic E-state index is 13.6. The van der Waals surface area contributed by atoms with E-state index in [1.807, 2.05) is 66.7 Å². The molecule has 5 nitrogen and oxygen atoms in total. The number of hydrogen-bond acceptors (Lipinski definition) is 4. The topological polar surface area (TPSA) is 77.8 Å². The van der Waals surface area contributed by atoms with Gasteiger partial charge in [-0.2, -0.15) is 4.31 Å².